The molecule has 1 atom stereocenters. The number of Topliss-reactive ketones (excluding diaryl/α,β-unsaturated/α-hetero) is 1. The van der Waals surface area contributed by atoms with E-state index in [1.807, 2.05) is 6.92 Å². The Balaban J connectivity index is 3.50. The molecule has 1 nitrogen and oxygen atoms in total. The summed E-state index contributed by atoms with van der Waals surface area (Å²) in [6.45, 7) is 8.48. The first-order chi connectivity index (χ1) is 6.09. The van der Waals surface area contributed by atoms with Gasteiger partial charge in [0.05, 0.1) is 0 Å². The molecule has 0 aromatic rings. The summed E-state index contributed by atoms with van der Waals surface area (Å²) in [5.74, 6) is 1.20. The van der Waals surface area contributed by atoms with Crippen molar-refractivity contribution >= 4 is 5.78 Å². The zero-order valence-corrected chi connectivity index (χ0v) is 9.60. The molecule has 0 heterocycles. The van der Waals surface area contributed by atoms with Crippen LogP contribution in [-0.2, 0) is 4.79 Å². The van der Waals surface area contributed by atoms with E-state index in [-0.39, 0.29) is 5.92 Å². The quantitative estimate of drug-likeness (QED) is 0.550. The Morgan fingerprint density at radius 1 is 1.08 bits per heavy atom. The molecule has 0 aromatic heterocycles. The lowest BCUT2D eigenvalue weighted by atomic mass is 9.91. The molecule has 0 rings (SSSR count). The number of hydrogen-bond donors (Lipinski definition) is 0. The maximum Gasteiger partial charge on any atom is 0.135 e. The van der Waals surface area contributed by atoms with Gasteiger partial charge in [-0.3, -0.25) is 4.79 Å². The highest BCUT2D eigenvalue weighted by molar-refractivity contribution is 5.80. The number of ketones is 1. The van der Waals surface area contributed by atoms with Gasteiger partial charge in [-0.1, -0.05) is 47.0 Å². The summed E-state index contributed by atoms with van der Waals surface area (Å²) in [6, 6.07) is 0. The summed E-state index contributed by atoms with van der Waals surface area (Å²) in [7, 11) is 0. The Hall–Kier alpha value is -0.330. The number of rotatable bonds is 7. The van der Waals surface area contributed by atoms with Crippen molar-refractivity contribution in [3.63, 3.8) is 0 Å². The highest BCUT2D eigenvalue weighted by atomic mass is 16.1. The normalized spacial score (nSPS) is 13.3. The van der Waals surface area contributed by atoms with Crippen LogP contribution in [0.25, 0.3) is 0 Å². The molecule has 0 radical (unpaired) electrons. The Morgan fingerprint density at radius 3 is 2.15 bits per heavy atom. The smallest absolute Gasteiger partial charge is 0.135 e. The predicted octanol–water partition coefficient (Wildman–Crippen LogP) is 3.82. The molecule has 1 unspecified atom stereocenters. The van der Waals surface area contributed by atoms with Gasteiger partial charge in [-0.25, -0.2) is 0 Å². The predicted molar refractivity (Wildman–Crippen MR) is 57.8 cm³/mol. The summed E-state index contributed by atoms with van der Waals surface area (Å²) in [4.78, 5) is 11.5. The minimum Gasteiger partial charge on any atom is -0.299 e. The standard InChI is InChI=1S/C12H24O/c1-5-6-7-8-9-12(13)11(4)10(2)3/h10-11H,5-9H2,1-4H3. The summed E-state index contributed by atoms with van der Waals surface area (Å²) in [5.41, 5.74) is 0. The van der Waals surface area contributed by atoms with Crippen molar-refractivity contribution in [1.29, 1.82) is 0 Å². The van der Waals surface area contributed by atoms with Gasteiger partial charge in [-0.05, 0) is 12.3 Å². The molecule has 0 amide bonds. The molecule has 78 valence electrons. The van der Waals surface area contributed by atoms with E-state index in [1.54, 1.807) is 0 Å². The molecule has 13 heavy (non-hydrogen) atoms. The maximum atomic E-state index is 11.5. The molecular weight excluding hydrogens is 160 g/mol. The summed E-state index contributed by atoms with van der Waals surface area (Å²) in [5, 5.41) is 0. The van der Waals surface area contributed by atoms with Crippen LogP contribution in [-0.4, -0.2) is 5.78 Å². The first-order valence-corrected chi connectivity index (χ1v) is 5.62. The Bertz CT molecular complexity index is 138. The molecule has 0 aliphatic heterocycles. The molecule has 0 aromatic carbocycles. The maximum absolute atomic E-state index is 11.5. The molecule has 1 heteroatoms. The van der Waals surface area contributed by atoms with Gasteiger partial charge in [0.1, 0.15) is 5.78 Å². The van der Waals surface area contributed by atoms with Crippen molar-refractivity contribution in [3.8, 4) is 0 Å². The molecular formula is C12H24O. The van der Waals surface area contributed by atoms with Crippen molar-refractivity contribution in [2.24, 2.45) is 11.8 Å². The van der Waals surface area contributed by atoms with Gasteiger partial charge in [-0.2, -0.15) is 0 Å². The van der Waals surface area contributed by atoms with Crippen molar-refractivity contribution < 1.29 is 4.79 Å². The average molecular weight is 184 g/mol. The Morgan fingerprint density at radius 2 is 1.69 bits per heavy atom. The Labute approximate surface area is 82.9 Å². The fourth-order valence-electron chi connectivity index (χ4n) is 1.33. The van der Waals surface area contributed by atoms with Gasteiger partial charge in [0, 0.05) is 12.3 Å². The second-order valence-electron chi connectivity index (χ2n) is 4.31. The van der Waals surface area contributed by atoms with Crippen molar-refractivity contribution in [1.82, 2.24) is 0 Å². The largest absolute Gasteiger partial charge is 0.299 e. The Kier molecular flexibility index (Phi) is 6.93. The minimum atomic E-state index is 0.252. The molecule has 0 saturated heterocycles. The van der Waals surface area contributed by atoms with E-state index < -0.39 is 0 Å². The fourth-order valence-corrected chi connectivity index (χ4v) is 1.33. The summed E-state index contributed by atoms with van der Waals surface area (Å²) >= 11 is 0. The second-order valence-corrected chi connectivity index (χ2v) is 4.31. The van der Waals surface area contributed by atoms with E-state index >= 15 is 0 Å². The van der Waals surface area contributed by atoms with Crippen LogP contribution in [0.1, 0.15) is 59.8 Å². The van der Waals surface area contributed by atoms with E-state index in [9.17, 15) is 4.79 Å². The minimum absolute atomic E-state index is 0.252. The van der Waals surface area contributed by atoms with Crippen LogP contribution in [0.4, 0.5) is 0 Å². The summed E-state index contributed by atoms with van der Waals surface area (Å²) in [6.07, 6.45) is 5.60. The lowest BCUT2D eigenvalue weighted by Crippen LogP contribution is -2.16. The molecule has 0 spiro atoms. The van der Waals surface area contributed by atoms with Crippen LogP contribution in [0, 0.1) is 11.8 Å². The number of carbonyl (C=O) groups excluding carboxylic acids is 1. The lowest BCUT2D eigenvalue weighted by Gasteiger charge is -2.13. The van der Waals surface area contributed by atoms with Gasteiger partial charge < -0.3 is 0 Å². The van der Waals surface area contributed by atoms with Crippen LogP contribution in [0.3, 0.4) is 0 Å². The van der Waals surface area contributed by atoms with Crippen LogP contribution < -0.4 is 0 Å². The average Bonchev–Trinajstić information content (AvgIpc) is 2.10. The molecule has 0 saturated carbocycles. The van der Waals surface area contributed by atoms with Crippen molar-refractivity contribution in [2.75, 3.05) is 0 Å². The van der Waals surface area contributed by atoms with E-state index in [0.717, 1.165) is 12.8 Å². The molecule has 0 fully saturated rings. The summed E-state index contributed by atoms with van der Waals surface area (Å²) < 4.78 is 0. The highest BCUT2D eigenvalue weighted by Crippen LogP contribution is 2.14. The third kappa shape index (κ3) is 5.84. The molecule has 0 bridgehead atoms. The van der Waals surface area contributed by atoms with Crippen LogP contribution in [0.5, 0.6) is 0 Å². The van der Waals surface area contributed by atoms with Crippen LogP contribution >= 0.6 is 0 Å². The second kappa shape index (κ2) is 7.11. The zero-order chi connectivity index (χ0) is 10.3. The van der Waals surface area contributed by atoms with Crippen molar-refractivity contribution in [3.05, 3.63) is 0 Å². The molecule has 0 N–H and O–H groups in total. The van der Waals surface area contributed by atoms with E-state index in [0.29, 0.717) is 11.7 Å². The van der Waals surface area contributed by atoms with Gasteiger partial charge in [0.15, 0.2) is 0 Å². The van der Waals surface area contributed by atoms with E-state index in [4.69, 9.17) is 0 Å². The molecule has 0 aliphatic rings. The number of hydrogen-bond acceptors (Lipinski definition) is 1. The van der Waals surface area contributed by atoms with Gasteiger partial charge in [0.25, 0.3) is 0 Å². The fraction of sp³-hybridized carbons (Fsp3) is 0.917. The van der Waals surface area contributed by atoms with Crippen molar-refractivity contribution in [2.45, 2.75) is 59.8 Å². The number of unbranched alkanes of at least 4 members (excludes halogenated alkanes) is 3. The molecule has 0 aliphatic carbocycles. The van der Waals surface area contributed by atoms with Crippen LogP contribution in [0.2, 0.25) is 0 Å². The van der Waals surface area contributed by atoms with E-state index in [2.05, 4.69) is 20.8 Å². The monoisotopic (exact) mass is 184 g/mol. The first-order valence-electron chi connectivity index (χ1n) is 5.62. The van der Waals surface area contributed by atoms with Gasteiger partial charge >= 0.3 is 0 Å². The lowest BCUT2D eigenvalue weighted by molar-refractivity contribution is -0.123. The highest BCUT2D eigenvalue weighted by Gasteiger charge is 2.15. The topological polar surface area (TPSA) is 17.1 Å². The third-order valence-electron chi connectivity index (χ3n) is 2.78. The van der Waals surface area contributed by atoms with E-state index in [1.165, 1.54) is 19.3 Å². The van der Waals surface area contributed by atoms with Gasteiger partial charge in [-0.15, -0.1) is 0 Å². The third-order valence-corrected chi connectivity index (χ3v) is 2.78. The van der Waals surface area contributed by atoms with Crippen LogP contribution in [0.15, 0.2) is 0 Å². The van der Waals surface area contributed by atoms with Gasteiger partial charge in [0.2, 0.25) is 0 Å². The first kappa shape index (κ1) is 12.7. The zero-order valence-electron chi connectivity index (χ0n) is 9.60. The number of carbonyl (C=O) groups is 1. The SMILES string of the molecule is CCCCCCC(=O)C(C)C(C)C.